The molecule has 1 N–H and O–H groups in total. The van der Waals surface area contributed by atoms with Crippen LogP contribution in [0.15, 0.2) is 79.6 Å². The summed E-state index contributed by atoms with van der Waals surface area (Å²) < 4.78 is 39.9. The van der Waals surface area contributed by atoms with Gasteiger partial charge in [-0.3, -0.25) is 9.10 Å². The van der Waals surface area contributed by atoms with E-state index in [9.17, 15) is 13.2 Å². The Morgan fingerprint density at radius 1 is 1.06 bits per heavy atom. The average molecular weight is 609 g/mol. The molecule has 4 rings (SSSR count). The van der Waals surface area contributed by atoms with Crippen molar-refractivity contribution >= 4 is 59.7 Å². The maximum atomic E-state index is 13.4. The number of amides is 1. The van der Waals surface area contributed by atoms with Crippen LogP contribution >= 0.6 is 31.9 Å². The number of carbonyl (C=O) groups is 1. The number of hydrogen-bond acceptors (Lipinski definition) is 6. The van der Waals surface area contributed by atoms with Crippen LogP contribution in [-0.2, 0) is 14.8 Å². The Hall–Kier alpha value is -2.89. The Labute approximate surface area is 213 Å². The van der Waals surface area contributed by atoms with Crippen LogP contribution in [-0.4, -0.2) is 33.9 Å². The fraction of sp³-hybridized carbons (Fsp3) is 0.130. The first-order valence-corrected chi connectivity index (χ1v) is 13.0. The lowest BCUT2D eigenvalue weighted by Crippen LogP contribution is -2.39. The zero-order valence-corrected chi connectivity index (χ0v) is 21.9. The minimum absolute atomic E-state index is 0.0848. The van der Waals surface area contributed by atoms with Crippen molar-refractivity contribution in [1.29, 1.82) is 0 Å². The maximum absolute atomic E-state index is 13.4. The molecule has 176 valence electrons. The third-order valence-corrected chi connectivity index (χ3v) is 7.90. The first-order valence-electron chi connectivity index (χ1n) is 10.00. The summed E-state index contributed by atoms with van der Waals surface area (Å²) in [4.78, 5) is 12.8. The number of carbonyl (C=O) groups excluding carboxylic acids is 1. The summed E-state index contributed by atoms with van der Waals surface area (Å²) in [6, 6.07) is 16.6. The molecule has 0 radical (unpaired) electrons. The number of ether oxygens (including phenoxy) is 2. The lowest BCUT2D eigenvalue weighted by molar-refractivity contribution is -0.119. The van der Waals surface area contributed by atoms with Crippen LogP contribution in [0.4, 0.5) is 5.69 Å². The zero-order valence-electron chi connectivity index (χ0n) is 17.9. The van der Waals surface area contributed by atoms with E-state index in [1.165, 1.54) is 18.3 Å². The van der Waals surface area contributed by atoms with E-state index in [4.69, 9.17) is 9.47 Å². The van der Waals surface area contributed by atoms with E-state index in [2.05, 4.69) is 42.4 Å². The molecule has 8 nitrogen and oxygen atoms in total. The summed E-state index contributed by atoms with van der Waals surface area (Å²) >= 11 is 6.76. The molecule has 0 aliphatic carbocycles. The van der Waals surface area contributed by atoms with Gasteiger partial charge in [-0.15, -0.1) is 0 Å². The largest absolute Gasteiger partial charge is 0.454 e. The predicted molar refractivity (Wildman–Crippen MR) is 136 cm³/mol. The second-order valence-electron chi connectivity index (χ2n) is 7.32. The van der Waals surface area contributed by atoms with Crippen molar-refractivity contribution in [3.05, 3.63) is 80.7 Å². The maximum Gasteiger partial charge on any atom is 0.264 e. The molecule has 0 spiro atoms. The molecule has 3 aromatic carbocycles. The SMILES string of the molecule is Cc1ccc(S(=O)(=O)N(CC(=O)N/N=C\c2cc3c(cc2Br)OCO3)c2ccc(Br)cc2)cc1. The molecule has 0 unspecified atom stereocenters. The van der Waals surface area contributed by atoms with Crippen LogP contribution < -0.4 is 19.2 Å². The van der Waals surface area contributed by atoms with Crippen LogP contribution in [0.1, 0.15) is 11.1 Å². The third kappa shape index (κ3) is 5.43. The quantitative estimate of drug-likeness (QED) is 0.312. The number of sulfonamides is 1. The number of nitrogens with one attached hydrogen (secondary N) is 1. The Kier molecular flexibility index (Phi) is 7.24. The molecule has 0 fully saturated rings. The number of fused-ring (bicyclic) bond motifs is 1. The fourth-order valence-electron chi connectivity index (χ4n) is 3.13. The average Bonchev–Trinajstić information content (AvgIpc) is 3.25. The molecule has 34 heavy (non-hydrogen) atoms. The van der Waals surface area contributed by atoms with E-state index < -0.39 is 22.5 Å². The van der Waals surface area contributed by atoms with E-state index in [1.807, 2.05) is 6.92 Å². The fourth-order valence-corrected chi connectivity index (χ4v) is 5.24. The van der Waals surface area contributed by atoms with Gasteiger partial charge in [-0.25, -0.2) is 13.8 Å². The van der Waals surface area contributed by atoms with Gasteiger partial charge in [0.25, 0.3) is 15.9 Å². The van der Waals surface area contributed by atoms with Gasteiger partial charge in [0.2, 0.25) is 6.79 Å². The van der Waals surface area contributed by atoms with E-state index in [0.717, 1.165) is 14.3 Å². The summed E-state index contributed by atoms with van der Waals surface area (Å²) in [5.41, 5.74) is 4.32. The number of hydrazone groups is 1. The second-order valence-corrected chi connectivity index (χ2v) is 11.0. The molecule has 1 heterocycles. The normalized spacial score (nSPS) is 12.7. The summed E-state index contributed by atoms with van der Waals surface area (Å²) in [5, 5.41) is 3.98. The Morgan fingerprint density at radius 3 is 2.38 bits per heavy atom. The molecular weight excluding hydrogens is 590 g/mol. The van der Waals surface area contributed by atoms with Crippen LogP contribution in [0.2, 0.25) is 0 Å². The van der Waals surface area contributed by atoms with Crippen LogP contribution in [0.3, 0.4) is 0 Å². The minimum Gasteiger partial charge on any atom is -0.454 e. The van der Waals surface area contributed by atoms with E-state index in [0.29, 0.717) is 27.2 Å². The summed E-state index contributed by atoms with van der Waals surface area (Å²) in [5.74, 6) is 0.577. The van der Waals surface area contributed by atoms with Gasteiger partial charge in [-0.2, -0.15) is 5.10 Å². The number of benzene rings is 3. The molecule has 1 amide bonds. The van der Waals surface area contributed by atoms with Crippen molar-refractivity contribution in [2.75, 3.05) is 17.6 Å². The summed E-state index contributed by atoms with van der Waals surface area (Å²) in [6.07, 6.45) is 1.43. The molecule has 0 saturated carbocycles. The Bertz CT molecular complexity index is 1340. The van der Waals surface area contributed by atoms with Crippen molar-refractivity contribution in [1.82, 2.24) is 5.43 Å². The monoisotopic (exact) mass is 607 g/mol. The molecule has 1 aliphatic rings. The van der Waals surface area contributed by atoms with Crippen LogP contribution in [0.25, 0.3) is 0 Å². The van der Waals surface area contributed by atoms with Crippen LogP contribution in [0.5, 0.6) is 11.5 Å². The van der Waals surface area contributed by atoms with Gasteiger partial charge < -0.3 is 9.47 Å². The van der Waals surface area contributed by atoms with Gasteiger partial charge in [-0.1, -0.05) is 33.6 Å². The standard InChI is InChI=1S/C23H19Br2N3O5S/c1-15-2-8-19(9-3-15)34(30,31)28(18-6-4-17(24)5-7-18)13-23(29)27-26-12-16-10-21-22(11-20(16)25)33-14-32-21/h2-12H,13-14H2,1H3,(H,27,29)/b26-12-. The zero-order chi connectivity index (χ0) is 24.3. The molecule has 1 aliphatic heterocycles. The molecule has 0 atom stereocenters. The molecular formula is C23H19Br2N3O5S. The molecule has 11 heteroatoms. The first-order chi connectivity index (χ1) is 16.2. The molecule has 0 aromatic heterocycles. The molecule has 0 bridgehead atoms. The van der Waals surface area contributed by atoms with Gasteiger partial charge >= 0.3 is 0 Å². The number of nitrogens with zero attached hydrogens (tertiary/aromatic N) is 2. The van der Waals surface area contributed by atoms with Gasteiger partial charge in [0.15, 0.2) is 11.5 Å². The van der Waals surface area contributed by atoms with Crippen molar-refractivity contribution < 1.29 is 22.7 Å². The van der Waals surface area contributed by atoms with E-state index in [-0.39, 0.29) is 11.7 Å². The highest BCUT2D eigenvalue weighted by atomic mass is 79.9. The summed E-state index contributed by atoms with van der Waals surface area (Å²) in [7, 11) is -4.00. The Morgan fingerprint density at radius 2 is 1.71 bits per heavy atom. The van der Waals surface area contributed by atoms with Crippen molar-refractivity contribution in [3.8, 4) is 11.5 Å². The molecule has 0 saturated heterocycles. The van der Waals surface area contributed by atoms with Gasteiger partial charge in [-0.05, 0) is 71.4 Å². The van der Waals surface area contributed by atoms with Gasteiger partial charge in [0.1, 0.15) is 6.54 Å². The Balaban J connectivity index is 1.54. The number of hydrogen-bond donors (Lipinski definition) is 1. The molecule has 3 aromatic rings. The van der Waals surface area contributed by atoms with Gasteiger partial charge in [0.05, 0.1) is 16.8 Å². The number of rotatable bonds is 7. The lowest BCUT2D eigenvalue weighted by Gasteiger charge is -2.23. The lowest BCUT2D eigenvalue weighted by atomic mass is 10.2. The minimum atomic E-state index is -4.00. The highest BCUT2D eigenvalue weighted by molar-refractivity contribution is 9.10. The number of halogens is 2. The number of aryl methyl sites for hydroxylation is 1. The second kappa shape index (κ2) is 10.2. The van der Waals surface area contributed by atoms with Crippen molar-refractivity contribution in [2.45, 2.75) is 11.8 Å². The highest BCUT2D eigenvalue weighted by Gasteiger charge is 2.27. The van der Waals surface area contributed by atoms with E-state index in [1.54, 1.807) is 48.5 Å². The van der Waals surface area contributed by atoms with Crippen LogP contribution in [0, 0.1) is 6.92 Å². The smallest absolute Gasteiger partial charge is 0.264 e. The third-order valence-electron chi connectivity index (χ3n) is 4.90. The summed E-state index contributed by atoms with van der Waals surface area (Å²) in [6.45, 7) is 1.55. The first kappa shape index (κ1) is 24.2. The predicted octanol–water partition coefficient (Wildman–Crippen LogP) is 4.59. The van der Waals surface area contributed by atoms with E-state index >= 15 is 0 Å². The van der Waals surface area contributed by atoms with Crippen molar-refractivity contribution in [2.24, 2.45) is 5.10 Å². The topological polar surface area (TPSA) is 97.3 Å². The van der Waals surface area contributed by atoms with Crippen molar-refractivity contribution in [3.63, 3.8) is 0 Å². The van der Waals surface area contributed by atoms with Gasteiger partial charge in [0, 0.05) is 14.5 Å². The highest BCUT2D eigenvalue weighted by Crippen LogP contribution is 2.36. The number of anilines is 1.